The number of ether oxygens (including phenoxy) is 1. The molecule has 1 amide bonds. The van der Waals surface area contributed by atoms with E-state index in [0.29, 0.717) is 12.2 Å². The van der Waals surface area contributed by atoms with Crippen molar-refractivity contribution in [1.29, 1.82) is 0 Å². The van der Waals surface area contributed by atoms with Crippen LogP contribution in [0.1, 0.15) is 17.4 Å². The molecule has 0 bridgehead atoms. The fraction of sp³-hybridized carbons (Fsp3) is 0.500. The van der Waals surface area contributed by atoms with Gasteiger partial charge in [0.15, 0.2) is 17.3 Å². The van der Waals surface area contributed by atoms with E-state index < -0.39 is 0 Å². The molecule has 0 radical (unpaired) electrons. The molecule has 1 saturated heterocycles. The Hall–Kier alpha value is -2.26. The summed E-state index contributed by atoms with van der Waals surface area (Å²) in [6, 6.07) is 3.80. The molecule has 2 aromatic heterocycles. The first kappa shape index (κ1) is 19.5. The number of nitrogens with one attached hydrogen (secondary N) is 1. The van der Waals surface area contributed by atoms with Gasteiger partial charge in [0.05, 0.1) is 12.1 Å². The number of rotatable bonds is 6. The number of piperazine rings is 1. The summed E-state index contributed by atoms with van der Waals surface area (Å²) in [5, 5.41) is 7.86. The molecule has 0 saturated carbocycles. The Balaban J connectivity index is 1.82. The molecule has 1 aliphatic heterocycles. The largest absolute Gasteiger partial charge is 0.493 e. The lowest BCUT2D eigenvalue weighted by molar-refractivity contribution is 0.0957. The molecule has 27 heavy (non-hydrogen) atoms. The van der Waals surface area contributed by atoms with Crippen molar-refractivity contribution in [2.24, 2.45) is 0 Å². The fourth-order valence-electron chi connectivity index (χ4n) is 2.95. The summed E-state index contributed by atoms with van der Waals surface area (Å²) in [4.78, 5) is 22.0. The number of aromatic nitrogens is 3. The van der Waals surface area contributed by atoms with E-state index in [1.807, 2.05) is 23.9 Å². The maximum atomic E-state index is 11.9. The lowest BCUT2D eigenvalue weighted by Gasteiger charge is -2.33. The number of anilines is 1. The van der Waals surface area contributed by atoms with Crippen molar-refractivity contribution in [2.45, 2.75) is 23.4 Å². The summed E-state index contributed by atoms with van der Waals surface area (Å²) in [6.07, 6.45) is 1.85. The van der Waals surface area contributed by atoms with Crippen molar-refractivity contribution in [2.75, 3.05) is 52.3 Å². The van der Waals surface area contributed by atoms with Gasteiger partial charge >= 0.3 is 0 Å². The van der Waals surface area contributed by atoms with Crippen LogP contribution in [0.3, 0.4) is 0 Å². The Kier molecular flexibility index (Phi) is 6.22. The minimum absolute atomic E-state index is 0.190. The van der Waals surface area contributed by atoms with E-state index in [-0.39, 0.29) is 5.91 Å². The summed E-state index contributed by atoms with van der Waals surface area (Å²) in [7, 11) is 5.41. The van der Waals surface area contributed by atoms with E-state index in [2.05, 4.69) is 32.2 Å². The number of amides is 1. The predicted molar refractivity (Wildman–Crippen MR) is 106 cm³/mol. The van der Waals surface area contributed by atoms with Crippen LogP contribution < -0.4 is 15.0 Å². The minimum Gasteiger partial charge on any atom is -0.493 e. The lowest BCUT2D eigenvalue weighted by Crippen LogP contribution is -2.44. The SMILES string of the molecule is CCn1nc(C(=O)NC)cc1Sc1cnc(N2CCN(C)CC2)c(OC)c1. The van der Waals surface area contributed by atoms with E-state index in [4.69, 9.17) is 4.74 Å². The third-order valence-electron chi connectivity index (χ3n) is 4.56. The second-order valence-corrected chi connectivity index (χ2v) is 7.45. The lowest BCUT2D eigenvalue weighted by atomic mass is 10.3. The van der Waals surface area contributed by atoms with Gasteiger partial charge in [-0.15, -0.1) is 0 Å². The van der Waals surface area contributed by atoms with E-state index in [0.717, 1.165) is 47.7 Å². The second-order valence-electron chi connectivity index (χ2n) is 6.35. The Labute approximate surface area is 163 Å². The standard InChI is InChI=1S/C18H26N6O2S/c1-5-24-16(11-14(21-24)18(25)19-2)27-13-10-15(26-4)17(20-12-13)23-8-6-22(3)7-9-23/h10-12H,5-9H2,1-4H3,(H,19,25). The maximum Gasteiger partial charge on any atom is 0.271 e. The van der Waals surface area contributed by atoms with Crippen LogP contribution in [-0.4, -0.2) is 73.0 Å². The molecule has 0 unspecified atom stereocenters. The van der Waals surface area contributed by atoms with Gasteiger partial charge in [0, 0.05) is 56.9 Å². The van der Waals surface area contributed by atoms with Gasteiger partial charge in [-0.3, -0.25) is 9.48 Å². The highest BCUT2D eigenvalue weighted by molar-refractivity contribution is 7.99. The smallest absolute Gasteiger partial charge is 0.271 e. The van der Waals surface area contributed by atoms with Crippen LogP contribution >= 0.6 is 11.8 Å². The van der Waals surface area contributed by atoms with E-state index in [1.165, 1.54) is 11.8 Å². The molecule has 0 atom stereocenters. The summed E-state index contributed by atoms with van der Waals surface area (Å²) >= 11 is 1.52. The fourth-order valence-corrected chi connectivity index (χ4v) is 3.91. The van der Waals surface area contributed by atoms with Crippen molar-refractivity contribution in [1.82, 2.24) is 25.0 Å². The molecule has 3 rings (SSSR count). The molecule has 1 aliphatic rings. The average molecular weight is 391 g/mol. The Morgan fingerprint density at radius 2 is 2.04 bits per heavy atom. The predicted octanol–water partition coefficient (Wildman–Crippen LogP) is 1.57. The first-order valence-corrected chi connectivity index (χ1v) is 9.82. The van der Waals surface area contributed by atoms with Gasteiger partial charge in [0.25, 0.3) is 5.91 Å². The van der Waals surface area contributed by atoms with Crippen LogP contribution in [-0.2, 0) is 6.54 Å². The van der Waals surface area contributed by atoms with Crippen LogP contribution in [0.5, 0.6) is 5.75 Å². The molecule has 2 aromatic rings. The second kappa shape index (κ2) is 8.62. The van der Waals surface area contributed by atoms with E-state index in [9.17, 15) is 4.79 Å². The monoisotopic (exact) mass is 390 g/mol. The van der Waals surface area contributed by atoms with Crippen molar-refractivity contribution in [3.8, 4) is 5.75 Å². The Morgan fingerprint density at radius 3 is 2.67 bits per heavy atom. The Morgan fingerprint density at radius 1 is 1.30 bits per heavy atom. The van der Waals surface area contributed by atoms with Crippen LogP contribution in [0.25, 0.3) is 0 Å². The molecule has 0 aliphatic carbocycles. The molecular weight excluding hydrogens is 364 g/mol. The zero-order valence-electron chi connectivity index (χ0n) is 16.2. The van der Waals surface area contributed by atoms with Gasteiger partial charge < -0.3 is 19.9 Å². The van der Waals surface area contributed by atoms with E-state index >= 15 is 0 Å². The highest BCUT2D eigenvalue weighted by Gasteiger charge is 2.20. The zero-order chi connectivity index (χ0) is 19.4. The first-order chi connectivity index (χ1) is 13.0. The van der Waals surface area contributed by atoms with Crippen LogP contribution in [0.15, 0.2) is 28.3 Å². The van der Waals surface area contributed by atoms with Gasteiger partial charge in [0.2, 0.25) is 0 Å². The van der Waals surface area contributed by atoms with Gasteiger partial charge in [0.1, 0.15) is 0 Å². The number of likely N-dealkylation sites (N-methyl/N-ethyl adjacent to an activating group) is 1. The summed E-state index contributed by atoms with van der Waals surface area (Å²) < 4.78 is 7.42. The number of pyridine rings is 1. The molecule has 3 heterocycles. The molecule has 9 heteroatoms. The highest BCUT2D eigenvalue weighted by atomic mass is 32.2. The number of hydrogen-bond donors (Lipinski definition) is 1. The summed E-state index contributed by atoms with van der Waals surface area (Å²) in [5.41, 5.74) is 0.413. The molecule has 0 spiro atoms. The minimum atomic E-state index is -0.190. The zero-order valence-corrected chi connectivity index (χ0v) is 17.0. The molecule has 1 N–H and O–H groups in total. The topological polar surface area (TPSA) is 75.5 Å². The van der Waals surface area contributed by atoms with Crippen molar-refractivity contribution < 1.29 is 9.53 Å². The van der Waals surface area contributed by atoms with Gasteiger partial charge in [-0.05, 0) is 20.0 Å². The number of aryl methyl sites for hydroxylation is 1. The number of carbonyl (C=O) groups is 1. The van der Waals surface area contributed by atoms with Crippen molar-refractivity contribution >= 4 is 23.5 Å². The number of nitrogens with zero attached hydrogens (tertiary/aromatic N) is 5. The molecule has 1 fully saturated rings. The van der Waals surface area contributed by atoms with Crippen LogP contribution in [0.4, 0.5) is 5.82 Å². The Bertz CT molecular complexity index is 801. The summed E-state index contributed by atoms with van der Waals surface area (Å²) in [6.45, 7) is 6.58. The van der Waals surface area contributed by atoms with Crippen LogP contribution in [0.2, 0.25) is 0 Å². The number of carbonyl (C=O) groups excluding carboxylic acids is 1. The van der Waals surface area contributed by atoms with Gasteiger partial charge in [-0.1, -0.05) is 11.8 Å². The van der Waals surface area contributed by atoms with Gasteiger partial charge in [-0.25, -0.2) is 4.98 Å². The summed E-state index contributed by atoms with van der Waals surface area (Å²) in [5.74, 6) is 1.45. The van der Waals surface area contributed by atoms with Crippen molar-refractivity contribution in [3.63, 3.8) is 0 Å². The number of hydrogen-bond acceptors (Lipinski definition) is 7. The highest BCUT2D eigenvalue weighted by Crippen LogP contribution is 2.34. The quantitative estimate of drug-likeness (QED) is 0.802. The van der Waals surface area contributed by atoms with Crippen LogP contribution in [0, 0.1) is 0 Å². The first-order valence-electron chi connectivity index (χ1n) is 9.01. The molecule has 8 nitrogen and oxygen atoms in total. The maximum absolute atomic E-state index is 11.9. The third-order valence-corrected chi connectivity index (χ3v) is 5.55. The van der Waals surface area contributed by atoms with Gasteiger partial charge in [-0.2, -0.15) is 5.10 Å². The number of methoxy groups -OCH3 is 1. The molecule has 0 aromatic carbocycles. The van der Waals surface area contributed by atoms with E-state index in [1.54, 1.807) is 20.2 Å². The average Bonchev–Trinajstić information content (AvgIpc) is 3.10. The normalized spacial score (nSPS) is 15.0. The molecule has 146 valence electrons. The third kappa shape index (κ3) is 4.36. The molecular formula is C18H26N6O2S. The van der Waals surface area contributed by atoms with Crippen molar-refractivity contribution in [3.05, 3.63) is 24.0 Å².